The number of primary sulfonamides is 1. The second-order valence-electron chi connectivity index (χ2n) is 6.28. The Morgan fingerprint density at radius 1 is 0.889 bits per heavy atom. The first-order valence-corrected chi connectivity index (χ1v) is 10.1. The van der Waals surface area contributed by atoms with E-state index >= 15 is 0 Å². The van der Waals surface area contributed by atoms with E-state index in [1.54, 1.807) is 12.1 Å². The minimum atomic E-state index is -3.67. The second-order valence-corrected chi connectivity index (χ2v) is 7.84. The third-order valence-electron chi connectivity index (χ3n) is 4.53. The third-order valence-corrected chi connectivity index (χ3v) is 5.46. The molecule has 2 N–H and O–H groups in total. The van der Waals surface area contributed by atoms with E-state index in [1.807, 2.05) is 30.3 Å². The second kappa shape index (κ2) is 7.01. The van der Waals surface area contributed by atoms with E-state index in [-0.39, 0.29) is 4.90 Å². The molecule has 1 aromatic heterocycles. The molecule has 1 aliphatic rings. The molecule has 2 heterocycles. The van der Waals surface area contributed by atoms with Gasteiger partial charge in [-0.15, -0.1) is 0 Å². The van der Waals surface area contributed by atoms with Gasteiger partial charge in [0.2, 0.25) is 10.0 Å². The number of benzene rings is 2. The summed E-state index contributed by atoms with van der Waals surface area (Å²) in [5.74, 6) is 1.09. The maximum atomic E-state index is 11.4. The molecule has 0 atom stereocenters. The van der Waals surface area contributed by atoms with E-state index in [0.717, 1.165) is 37.4 Å². The minimum absolute atomic E-state index is 0.116. The quantitative estimate of drug-likeness (QED) is 0.729. The molecule has 1 fully saturated rings. The molecule has 1 saturated heterocycles. The Labute approximate surface area is 157 Å². The molecule has 3 aromatic rings. The molecule has 4 rings (SSSR count). The van der Waals surface area contributed by atoms with Crippen LogP contribution >= 0.6 is 0 Å². The van der Waals surface area contributed by atoms with E-state index in [2.05, 4.69) is 19.9 Å². The highest BCUT2D eigenvalue weighted by molar-refractivity contribution is 7.89. The summed E-state index contributed by atoms with van der Waals surface area (Å²) in [6.07, 6.45) is 0. The van der Waals surface area contributed by atoms with E-state index in [9.17, 15) is 8.42 Å². The molecule has 8 nitrogen and oxygen atoms in total. The van der Waals surface area contributed by atoms with Crippen molar-refractivity contribution >= 4 is 21.7 Å². The number of nitrogens with two attached hydrogens (primary N) is 1. The van der Waals surface area contributed by atoms with Gasteiger partial charge in [-0.1, -0.05) is 18.2 Å². The highest BCUT2D eigenvalue weighted by Crippen LogP contribution is 2.23. The van der Waals surface area contributed by atoms with Gasteiger partial charge in [-0.25, -0.2) is 13.6 Å². The predicted molar refractivity (Wildman–Crippen MR) is 102 cm³/mol. The Morgan fingerprint density at radius 2 is 1.52 bits per heavy atom. The average molecular weight is 385 g/mol. The summed E-state index contributed by atoms with van der Waals surface area (Å²) in [7, 11) is -3.67. The summed E-state index contributed by atoms with van der Waals surface area (Å²) in [6, 6.07) is 16.3. The van der Waals surface area contributed by atoms with Gasteiger partial charge in [-0.05, 0) is 41.6 Å². The fourth-order valence-electron chi connectivity index (χ4n) is 3.05. The van der Waals surface area contributed by atoms with Crippen molar-refractivity contribution in [2.45, 2.75) is 4.90 Å². The fraction of sp³-hybridized carbons (Fsp3) is 0.222. The van der Waals surface area contributed by atoms with Crippen LogP contribution < -0.4 is 14.9 Å². The molecule has 0 spiro atoms. The molecule has 140 valence electrons. The van der Waals surface area contributed by atoms with Crippen LogP contribution in [0.4, 0.5) is 11.6 Å². The highest BCUT2D eigenvalue weighted by Gasteiger charge is 2.22. The molecule has 0 aliphatic carbocycles. The van der Waals surface area contributed by atoms with Gasteiger partial charge in [0.1, 0.15) is 0 Å². The maximum absolute atomic E-state index is 11.4. The number of aromatic nitrogens is 2. The summed E-state index contributed by atoms with van der Waals surface area (Å²) >= 11 is 0. The van der Waals surface area contributed by atoms with Crippen LogP contribution in [0.1, 0.15) is 0 Å². The van der Waals surface area contributed by atoms with Gasteiger partial charge >= 0.3 is 0 Å². The van der Waals surface area contributed by atoms with Gasteiger partial charge in [0.25, 0.3) is 11.8 Å². The van der Waals surface area contributed by atoms with E-state index < -0.39 is 10.0 Å². The van der Waals surface area contributed by atoms with Gasteiger partial charge in [-0.3, -0.25) is 0 Å². The Bertz CT molecular complexity index is 1010. The van der Waals surface area contributed by atoms with Crippen LogP contribution in [0.25, 0.3) is 11.5 Å². The number of hydrogen-bond acceptors (Lipinski definition) is 7. The van der Waals surface area contributed by atoms with Crippen LogP contribution in [0.15, 0.2) is 64.0 Å². The molecule has 0 unspecified atom stereocenters. The number of nitrogens with zero attached hydrogens (tertiary/aromatic N) is 4. The van der Waals surface area contributed by atoms with Crippen molar-refractivity contribution in [2.75, 3.05) is 36.0 Å². The monoisotopic (exact) mass is 385 g/mol. The van der Waals surface area contributed by atoms with E-state index in [0.29, 0.717) is 11.8 Å². The Hall–Kier alpha value is -2.91. The number of piperazine rings is 1. The summed E-state index contributed by atoms with van der Waals surface area (Å²) in [6.45, 7) is 3.02. The molecular weight excluding hydrogens is 366 g/mol. The zero-order valence-electron chi connectivity index (χ0n) is 14.5. The summed E-state index contributed by atoms with van der Waals surface area (Å²) in [5.41, 5.74) is 1.85. The number of anilines is 2. The SMILES string of the molecule is NS(=O)(=O)c1ccc(N2CCN(c3noc(-c4ccccc4)n3)CC2)cc1. The topological polar surface area (TPSA) is 106 Å². The van der Waals surface area contributed by atoms with Crippen molar-refractivity contribution in [3.63, 3.8) is 0 Å². The zero-order chi connectivity index (χ0) is 18.9. The van der Waals surface area contributed by atoms with Crippen LogP contribution in [0.2, 0.25) is 0 Å². The minimum Gasteiger partial charge on any atom is -0.368 e. The van der Waals surface area contributed by atoms with Gasteiger partial charge in [0.15, 0.2) is 0 Å². The lowest BCUT2D eigenvalue weighted by atomic mass is 10.2. The number of hydrogen-bond donors (Lipinski definition) is 1. The van der Waals surface area contributed by atoms with Crippen LogP contribution in [0.5, 0.6) is 0 Å². The average Bonchev–Trinajstić information content (AvgIpc) is 3.19. The van der Waals surface area contributed by atoms with Crippen molar-refractivity contribution in [1.82, 2.24) is 10.1 Å². The molecule has 1 aliphatic heterocycles. The first-order valence-electron chi connectivity index (χ1n) is 8.52. The summed E-state index contributed by atoms with van der Waals surface area (Å²) < 4.78 is 28.1. The normalized spacial score (nSPS) is 15.1. The Morgan fingerprint density at radius 3 is 2.15 bits per heavy atom. The maximum Gasteiger partial charge on any atom is 0.266 e. The zero-order valence-corrected chi connectivity index (χ0v) is 15.3. The Balaban J connectivity index is 1.41. The van der Waals surface area contributed by atoms with E-state index in [4.69, 9.17) is 9.66 Å². The van der Waals surface area contributed by atoms with Crippen molar-refractivity contribution in [3.8, 4) is 11.5 Å². The largest absolute Gasteiger partial charge is 0.368 e. The van der Waals surface area contributed by atoms with Gasteiger partial charge < -0.3 is 14.3 Å². The van der Waals surface area contributed by atoms with Crippen LogP contribution in [-0.4, -0.2) is 44.7 Å². The number of rotatable bonds is 4. The summed E-state index contributed by atoms with van der Waals surface area (Å²) in [5, 5.41) is 9.23. The highest BCUT2D eigenvalue weighted by atomic mass is 32.2. The first kappa shape index (κ1) is 17.5. The van der Waals surface area contributed by atoms with Crippen LogP contribution in [0, 0.1) is 0 Å². The van der Waals surface area contributed by atoms with Crippen molar-refractivity contribution < 1.29 is 12.9 Å². The van der Waals surface area contributed by atoms with Gasteiger partial charge in [-0.2, -0.15) is 4.98 Å². The molecule has 0 radical (unpaired) electrons. The van der Waals surface area contributed by atoms with Crippen molar-refractivity contribution in [2.24, 2.45) is 5.14 Å². The number of sulfonamides is 1. The van der Waals surface area contributed by atoms with Crippen molar-refractivity contribution in [3.05, 3.63) is 54.6 Å². The molecule has 9 heteroatoms. The third kappa shape index (κ3) is 3.79. The predicted octanol–water partition coefficient (Wildman–Crippen LogP) is 1.71. The van der Waals surface area contributed by atoms with Gasteiger partial charge in [0.05, 0.1) is 4.90 Å². The standard InChI is InChI=1S/C18H19N5O3S/c19-27(24,25)16-8-6-15(7-9-16)22-10-12-23(13-11-22)18-20-17(26-21-18)14-4-2-1-3-5-14/h1-9H,10-13H2,(H2,19,24,25). The molecule has 27 heavy (non-hydrogen) atoms. The van der Waals surface area contributed by atoms with E-state index in [1.165, 1.54) is 12.1 Å². The van der Waals surface area contributed by atoms with Crippen molar-refractivity contribution in [1.29, 1.82) is 0 Å². The fourth-order valence-corrected chi connectivity index (χ4v) is 3.57. The lowest BCUT2D eigenvalue weighted by molar-refractivity contribution is 0.428. The molecule has 0 bridgehead atoms. The lowest BCUT2D eigenvalue weighted by Gasteiger charge is -2.35. The molecule has 2 aromatic carbocycles. The Kier molecular flexibility index (Phi) is 4.54. The smallest absolute Gasteiger partial charge is 0.266 e. The van der Waals surface area contributed by atoms with Crippen LogP contribution in [-0.2, 0) is 10.0 Å². The molecule has 0 amide bonds. The molecular formula is C18H19N5O3S. The van der Waals surface area contributed by atoms with Gasteiger partial charge in [0, 0.05) is 37.4 Å². The van der Waals surface area contributed by atoms with Crippen LogP contribution in [0.3, 0.4) is 0 Å². The molecule has 0 saturated carbocycles. The lowest BCUT2D eigenvalue weighted by Crippen LogP contribution is -2.47. The summed E-state index contributed by atoms with van der Waals surface area (Å²) in [4.78, 5) is 8.86. The first-order chi connectivity index (χ1) is 13.0.